The zero-order valence-electron chi connectivity index (χ0n) is 21.3. The second kappa shape index (κ2) is 10.1. The number of aryl methyl sites for hydroxylation is 2. The molecule has 9 heteroatoms. The van der Waals surface area contributed by atoms with Crippen LogP contribution in [-0.4, -0.2) is 73.6 Å². The zero-order chi connectivity index (χ0) is 25.4. The van der Waals surface area contributed by atoms with Gasteiger partial charge in [-0.25, -0.2) is 9.78 Å². The number of piperidine rings is 1. The monoisotopic (exact) mass is 507 g/mol. The van der Waals surface area contributed by atoms with E-state index in [0.717, 1.165) is 40.9 Å². The summed E-state index contributed by atoms with van der Waals surface area (Å²) in [5, 5.41) is 5.81. The van der Waals surface area contributed by atoms with Crippen LogP contribution >= 0.6 is 11.8 Å². The predicted molar refractivity (Wildman–Crippen MR) is 140 cm³/mol. The van der Waals surface area contributed by atoms with Crippen molar-refractivity contribution >= 4 is 34.8 Å². The van der Waals surface area contributed by atoms with E-state index in [2.05, 4.69) is 36.1 Å². The Morgan fingerprint density at radius 3 is 2.61 bits per heavy atom. The number of carbonyl (C=O) groups excluding carboxylic acids is 2. The molecule has 0 aliphatic carbocycles. The minimum atomic E-state index is -0.238. The van der Waals surface area contributed by atoms with E-state index in [1.165, 1.54) is 5.56 Å². The molecule has 0 unspecified atom stereocenters. The number of ether oxygens (including phenoxy) is 1. The minimum Gasteiger partial charge on any atom is -0.447 e. The van der Waals surface area contributed by atoms with Crippen molar-refractivity contribution in [2.24, 2.45) is 7.05 Å². The number of rotatable bonds is 6. The highest BCUT2D eigenvalue weighted by molar-refractivity contribution is 8.00. The molecule has 1 aromatic carbocycles. The standard InChI is InChI=1S/C27H33N5O3S/c1-17(2)36-24-22(15-28-25-23(24)18(3)29-30(25)4)26(33)31-12-10-20(11-13-31)32-21(16-35-27(32)34)14-19-8-6-5-7-9-19/h5-9,15,17,20-21H,10-14,16H2,1-4H3/t21-/m1/s1. The number of hydrogen-bond acceptors (Lipinski definition) is 6. The molecule has 0 radical (unpaired) electrons. The third kappa shape index (κ3) is 4.68. The average Bonchev–Trinajstić information content (AvgIpc) is 3.37. The number of pyridine rings is 1. The highest BCUT2D eigenvalue weighted by Gasteiger charge is 2.40. The summed E-state index contributed by atoms with van der Waals surface area (Å²) in [6, 6.07) is 10.3. The van der Waals surface area contributed by atoms with Gasteiger partial charge in [0.2, 0.25) is 0 Å². The number of carbonyl (C=O) groups is 2. The van der Waals surface area contributed by atoms with E-state index in [9.17, 15) is 9.59 Å². The van der Waals surface area contributed by atoms with E-state index in [1.807, 2.05) is 42.0 Å². The van der Waals surface area contributed by atoms with E-state index < -0.39 is 0 Å². The maximum absolute atomic E-state index is 13.7. The van der Waals surface area contributed by atoms with Crippen LogP contribution in [-0.2, 0) is 18.2 Å². The molecule has 2 fully saturated rings. The zero-order valence-corrected chi connectivity index (χ0v) is 22.1. The first-order valence-electron chi connectivity index (χ1n) is 12.6. The maximum Gasteiger partial charge on any atom is 0.410 e. The van der Waals surface area contributed by atoms with Crippen molar-refractivity contribution < 1.29 is 14.3 Å². The number of likely N-dealkylation sites (tertiary alicyclic amines) is 1. The lowest BCUT2D eigenvalue weighted by Crippen LogP contribution is -2.50. The molecule has 3 aromatic rings. The Hall–Kier alpha value is -3.07. The van der Waals surface area contributed by atoms with Gasteiger partial charge in [0, 0.05) is 42.5 Å². The second-order valence-electron chi connectivity index (χ2n) is 9.93. The molecule has 0 bridgehead atoms. The molecule has 8 nitrogen and oxygen atoms in total. The largest absolute Gasteiger partial charge is 0.447 e. The number of fused-ring (bicyclic) bond motifs is 1. The summed E-state index contributed by atoms with van der Waals surface area (Å²) in [6.07, 6.45) is 3.72. The van der Waals surface area contributed by atoms with Gasteiger partial charge in [-0.2, -0.15) is 5.10 Å². The lowest BCUT2D eigenvalue weighted by Gasteiger charge is -2.38. The van der Waals surface area contributed by atoms with Crippen molar-refractivity contribution in [2.45, 2.75) is 62.3 Å². The number of benzene rings is 1. The van der Waals surface area contributed by atoms with Gasteiger partial charge in [-0.15, -0.1) is 11.8 Å². The summed E-state index contributed by atoms with van der Waals surface area (Å²) in [5.41, 5.74) is 3.51. The fourth-order valence-electron chi connectivity index (χ4n) is 5.37. The van der Waals surface area contributed by atoms with Crippen LogP contribution in [0.15, 0.2) is 41.4 Å². The Labute approximate surface area is 216 Å². The van der Waals surface area contributed by atoms with Gasteiger partial charge in [-0.05, 0) is 31.7 Å². The van der Waals surface area contributed by atoms with E-state index in [0.29, 0.717) is 30.5 Å². The molecule has 0 N–H and O–H groups in total. The highest BCUT2D eigenvalue weighted by atomic mass is 32.2. The Morgan fingerprint density at radius 1 is 1.19 bits per heavy atom. The van der Waals surface area contributed by atoms with E-state index in [4.69, 9.17) is 4.74 Å². The lowest BCUT2D eigenvalue weighted by molar-refractivity contribution is 0.0633. The number of thioether (sulfide) groups is 1. The van der Waals surface area contributed by atoms with Crippen molar-refractivity contribution in [3.05, 3.63) is 53.3 Å². The molecule has 0 spiro atoms. The van der Waals surface area contributed by atoms with Gasteiger partial charge in [0.25, 0.3) is 5.91 Å². The molecule has 2 aliphatic heterocycles. The molecule has 2 saturated heterocycles. The Morgan fingerprint density at radius 2 is 1.92 bits per heavy atom. The van der Waals surface area contributed by atoms with Crippen molar-refractivity contribution in [3.63, 3.8) is 0 Å². The first-order valence-corrected chi connectivity index (χ1v) is 13.5. The van der Waals surface area contributed by atoms with E-state index in [-0.39, 0.29) is 24.1 Å². The molecule has 5 rings (SSSR count). The predicted octanol–water partition coefficient (Wildman–Crippen LogP) is 4.45. The van der Waals surface area contributed by atoms with Crippen LogP contribution in [0.25, 0.3) is 11.0 Å². The molecule has 2 amide bonds. The molecular formula is C27H33N5O3S. The normalized spacial score (nSPS) is 18.9. The molecule has 190 valence electrons. The number of nitrogens with zero attached hydrogens (tertiary/aromatic N) is 5. The third-order valence-corrected chi connectivity index (χ3v) is 8.16. The first-order chi connectivity index (χ1) is 17.3. The van der Waals surface area contributed by atoms with Crippen LogP contribution < -0.4 is 0 Å². The number of hydrogen-bond donors (Lipinski definition) is 0. The van der Waals surface area contributed by atoms with E-state index in [1.54, 1.807) is 22.6 Å². The number of aromatic nitrogens is 3. The fraction of sp³-hybridized carbons (Fsp3) is 0.481. The van der Waals surface area contributed by atoms with Crippen LogP contribution in [0.5, 0.6) is 0 Å². The van der Waals surface area contributed by atoms with Gasteiger partial charge in [0.05, 0.1) is 22.7 Å². The summed E-state index contributed by atoms with van der Waals surface area (Å²) in [5.74, 6) is -0.000845. The Bertz CT molecular complexity index is 1270. The summed E-state index contributed by atoms with van der Waals surface area (Å²) >= 11 is 1.69. The van der Waals surface area contributed by atoms with Gasteiger partial charge in [-0.3, -0.25) is 14.4 Å². The first kappa shape index (κ1) is 24.6. The quantitative estimate of drug-likeness (QED) is 0.459. The van der Waals surface area contributed by atoms with Crippen LogP contribution in [0.1, 0.15) is 48.3 Å². The topological polar surface area (TPSA) is 80.6 Å². The van der Waals surface area contributed by atoms with Crippen molar-refractivity contribution in [1.82, 2.24) is 24.6 Å². The average molecular weight is 508 g/mol. The number of amides is 2. The Kier molecular flexibility index (Phi) is 6.92. The van der Waals surface area contributed by atoms with Gasteiger partial charge in [-0.1, -0.05) is 44.2 Å². The lowest BCUT2D eigenvalue weighted by atomic mass is 9.98. The molecule has 4 heterocycles. The Balaban J connectivity index is 1.32. The van der Waals surface area contributed by atoms with Gasteiger partial charge < -0.3 is 9.64 Å². The molecule has 2 aliphatic rings. The minimum absolute atomic E-state index is 0.000845. The van der Waals surface area contributed by atoms with Crippen molar-refractivity contribution in [2.75, 3.05) is 19.7 Å². The van der Waals surface area contributed by atoms with Crippen LogP contribution in [0.3, 0.4) is 0 Å². The molecule has 36 heavy (non-hydrogen) atoms. The maximum atomic E-state index is 13.7. The SMILES string of the molecule is Cc1nn(C)c2ncc(C(=O)N3CCC(N4C(=O)OC[C@H]4Cc4ccccc4)CC3)c(SC(C)C)c12. The second-order valence-corrected chi connectivity index (χ2v) is 11.5. The van der Waals surface area contributed by atoms with Crippen LogP contribution in [0, 0.1) is 6.92 Å². The van der Waals surface area contributed by atoms with Gasteiger partial charge in [0.1, 0.15) is 6.61 Å². The molecule has 1 atom stereocenters. The molecular weight excluding hydrogens is 474 g/mol. The highest BCUT2D eigenvalue weighted by Crippen LogP contribution is 2.36. The third-order valence-electron chi connectivity index (χ3n) is 7.03. The molecule has 0 saturated carbocycles. The summed E-state index contributed by atoms with van der Waals surface area (Å²) in [6.45, 7) is 7.84. The van der Waals surface area contributed by atoms with Crippen molar-refractivity contribution in [3.8, 4) is 0 Å². The molecule has 2 aromatic heterocycles. The van der Waals surface area contributed by atoms with Gasteiger partial charge in [0.15, 0.2) is 5.65 Å². The number of cyclic esters (lactones) is 1. The van der Waals surface area contributed by atoms with Crippen LogP contribution in [0.2, 0.25) is 0 Å². The smallest absolute Gasteiger partial charge is 0.410 e. The van der Waals surface area contributed by atoms with E-state index >= 15 is 0 Å². The van der Waals surface area contributed by atoms with Gasteiger partial charge >= 0.3 is 6.09 Å². The summed E-state index contributed by atoms with van der Waals surface area (Å²) in [4.78, 5) is 35.7. The fourth-order valence-corrected chi connectivity index (χ4v) is 6.46. The summed E-state index contributed by atoms with van der Waals surface area (Å²) < 4.78 is 7.22. The van der Waals surface area contributed by atoms with Crippen LogP contribution in [0.4, 0.5) is 4.79 Å². The summed E-state index contributed by atoms with van der Waals surface area (Å²) in [7, 11) is 1.88. The van der Waals surface area contributed by atoms with Crippen molar-refractivity contribution in [1.29, 1.82) is 0 Å².